The van der Waals surface area contributed by atoms with E-state index in [4.69, 9.17) is 0 Å². The number of piperazine rings is 1. The van der Waals surface area contributed by atoms with Crippen molar-refractivity contribution in [2.45, 2.75) is 26.2 Å². The van der Waals surface area contributed by atoms with Crippen molar-refractivity contribution in [2.24, 2.45) is 0 Å². The number of thiazole rings is 1. The summed E-state index contributed by atoms with van der Waals surface area (Å²) in [6.45, 7) is 10.6. The Morgan fingerprint density at radius 1 is 1.17 bits per heavy atom. The number of hydrogen-bond donors (Lipinski definition) is 1. The van der Waals surface area contributed by atoms with E-state index >= 15 is 0 Å². The van der Waals surface area contributed by atoms with Crippen LogP contribution in [0.5, 0.6) is 0 Å². The summed E-state index contributed by atoms with van der Waals surface area (Å²) in [5.74, 6) is 1.66. The molecule has 1 saturated heterocycles. The summed E-state index contributed by atoms with van der Waals surface area (Å²) < 4.78 is 0. The topological polar surface area (TPSA) is 57.2 Å². The Labute approximate surface area is 173 Å². The maximum atomic E-state index is 4.44. The van der Waals surface area contributed by atoms with Crippen LogP contribution in [-0.2, 0) is 38.1 Å². The van der Waals surface area contributed by atoms with Gasteiger partial charge in [-0.05, 0) is 12.5 Å². The summed E-state index contributed by atoms with van der Waals surface area (Å²) >= 11 is 1.66. The summed E-state index contributed by atoms with van der Waals surface area (Å²) in [6.07, 6.45) is 4.68. The Bertz CT molecular complexity index is 661. The normalized spacial score (nSPS) is 15.9. The van der Waals surface area contributed by atoms with Gasteiger partial charge in [0.1, 0.15) is 0 Å². The van der Waals surface area contributed by atoms with Gasteiger partial charge in [0.2, 0.25) is 0 Å². The quantitative estimate of drug-likeness (QED) is 0.771. The molecule has 24 heavy (non-hydrogen) atoms. The molecule has 8 heteroatoms. The molecule has 1 aliphatic heterocycles. The van der Waals surface area contributed by atoms with Crippen LogP contribution in [0.4, 0.5) is 16.8 Å². The van der Waals surface area contributed by atoms with E-state index in [1.165, 1.54) is 4.88 Å². The van der Waals surface area contributed by atoms with E-state index in [1.54, 1.807) is 11.3 Å². The van der Waals surface area contributed by atoms with Gasteiger partial charge in [-0.25, -0.2) is 4.98 Å². The van der Waals surface area contributed by atoms with Gasteiger partial charge in [0.25, 0.3) is 0 Å². The van der Waals surface area contributed by atoms with Crippen LogP contribution in [0.1, 0.15) is 25.6 Å². The van der Waals surface area contributed by atoms with E-state index < -0.39 is 0 Å². The van der Waals surface area contributed by atoms with Gasteiger partial charge in [-0.2, -0.15) is 0 Å². The van der Waals surface area contributed by atoms with E-state index in [2.05, 4.69) is 64.2 Å². The van der Waals surface area contributed by atoms with Gasteiger partial charge in [-0.15, -0.1) is 11.3 Å². The van der Waals surface area contributed by atoms with Crippen molar-refractivity contribution in [3.63, 3.8) is 0 Å². The smallest absolute Gasteiger partial charge is 0.177 e. The van der Waals surface area contributed by atoms with Gasteiger partial charge in [0.05, 0.1) is 0 Å². The molecule has 2 aromatic heterocycles. The molecule has 0 unspecified atom stereocenters. The van der Waals surface area contributed by atoms with Crippen LogP contribution in [0.3, 0.4) is 0 Å². The van der Waals surface area contributed by atoms with E-state index in [1.807, 2.05) is 12.3 Å². The van der Waals surface area contributed by atoms with Crippen molar-refractivity contribution in [3.8, 4) is 0 Å². The molecule has 3 rings (SSSR count). The number of nitrogens with zero attached hydrogens (tertiary/aromatic N) is 5. The van der Waals surface area contributed by atoms with Crippen molar-refractivity contribution in [2.75, 3.05) is 43.4 Å². The molecular weight excluding hydrogens is 397 g/mol. The Kier molecular flexibility index (Phi) is 6.70. The first-order valence-electron chi connectivity index (χ1n) is 7.84. The monoisotopic (exact) mass is 420 g/mol. The van der Waals surface area contributed by atoms with Crippen LogP contribution in [0.15, 0.2) is 12.3 Å². The number of hydrogen-bond acceptors (Lipinski definition) is 7. The molecule has 0 atom stereocenters. The van der Waals surface area contributed by atoms with Gasteiger partial charge >= 0.3 is 0 Å². The first-order valence-corrected chi connectivity index (χ1v) is 8.65. The molecule has 0 amide bonds. The largest absolute Gasteiger partial charge is 0.406 e. The summed E-state index contributed by atoms with van der Waals surface area (Å²) in [5, 5.41) is 4.13. The molecule has 0 bridgehead atoms. The Morgan fingerprint density at radius 3 is 2.50 bits per heavy atom. The predicted molar refractivity (Wildman–Crippen MR) is 94.7 cm³/mol. The fourth-order valence-electron chi connectivity index (χ4n) is 2.37. The third kappa shape index (κ3) is 4.94. The molecule has 0 spiro atoms. The molecule has 3 heterocycles. The van der Waals surface area contributed by atoms with Gasteiger partial charge in [-0.1, -0.05) is 26.8 Å². The Morgan fingerprint density at radius 2 is 1.88 bits per heavy atom. The zero-order valence-corrected chi connectivity index (χ0v) is 18.4. The molecular formula is C16H23N6SY-. The number of aromatic nitrogens is 3. The predicted octanol–water partition coefficient (Wildman–Crippen LogP) is 2.52. The summed E-state index contributed by atoms with van der Waals surface area (Å²) in [6, 6.07) is 1.97. The van der Waals surface area contributed by atoms with Crippen molar-refractivity contribution >= 4 is 28.1 Å². The van der Waals surface area contributed by atoms with Crippen molar-refractivity contribution < 1.29 is 32.7 Å². The molecule has 0 aliphatic carbocycles. The fraction of sp³-hybridized carbons (Fsp3) is 0.562. The van der Waals surface area contributed by atoms with Gasteiger partial charge in [-0.3, -0.25) is 0 Å². The molecule has 6 nitrogen and oxygen atoms in total. The van der Waals surface area contributed by atoms with E-state index in [-0.39, 0.29) is 38.1 Å². The third-order valence-corrected chi connectivity index (χ3v) is 5.25. The average Bonchev–Trinajstić information content (AvgIpc) is 2.97. The second-order valence-corrected chi connectivity index (χ2v) is 7.94. The molecule has 0 saturated carbocycles. The minimum atomic E-state index is 0. The maximum Gasteiger partial charge on any atom is 0.177 e. The second-order valence-electron chi connectivity index (χ2n) is 6.91. The average molecular weight is 420 g/mol. The third-order valence-electron chi connectivity index (χ3n) is 3.91. The van der Waals surface area contributed by atoms with Gasteiger partial charge in [0.15, 0.2) is 5.13 Å². The number of nitrogens with one attached hydrogen (secondary N) is 1. The molecule has 2 aromatic rings. The van der Waals surface area contributed by atoms with Crippen molar-refractivity contribution in [1.29, 1.82) is 0 Å². The first kappa shape index (κ1) is 19.7. The van der Waals surface area contributed by atoms with Crippen LogP contribution >= 0.6 is 11.3 Å². The van der Waals surface area contributed by atoms with Crippen molar-refractivity contribution in [1.82, 2.24) is 19.9 Å². The Hall–Kier alpha value is -0.626. The molecule has 127 valence electrons. The van der Waals surface area contributed by atoms with Crippen LogP contribution in [0, 0.1) is 6.33 Å². The zero-order valence-electron chi connectivity index (χ0n) is 14.7. The van der Waals surface area contributed by atoms with Gasteiger partial charge in [0, 0.05) is 87.9 Å². The standard InChI is InChI=1S/C16H23N6S.Y/c1-16(2,3)12-10-17-15(23-12)20-13-9-14(19-11-18-13)22-7-5-21(4)6-8-22;/h9-10H,5-8H2,1-4H3,(H,17,18,19,20);/q-1;. The van der Waals surface area contributed by atoms with E-state index in [0.29, 0.717) is 0 Å². The Balaban J connectivity index is 0.00000208. The first-order chi connectivity index (χ1) is 10.9. The van der Waals surface area contributed by atoms with E-state index in [9.17, 15) is 0 Å². The minimum Gasteiger partial charge on any atom is -0.406 e. The maximum absolute atomic E-state index is 4.44. The summed E-state index contributed by atoms with van der Waals surface area (Å²) in [4.78, 5) is 18.8. The van der Waals surface area contributed by atoms with Crippen LogP contribution in [0.2, 0.25) is 0 Å². The number of rotatable bonds is 3. The van der Waals surface area contributed by atoms with Gasteiger partial charge < -0.3 is 25.1 Å². The summed E-state index contributed by atoms with van der Waals surface area (Å²) in [5.41, 5.74) is 0.111. The number of anilines is 3. The van der Waals surface area contributed by atoms with Crippen molar-refractivity contribution in [3.05, 3.63) is 23.5 Å². The van der Waals surface area contributed by atoms with Crippen LogP contribution in [-0.4, -0.2) is 53.1 Å². The minimum absolute atomic E-state index is 0. The van der Waals surface area contributed by atoms with Crippen LogP contribution < -0.4 is 10.2 Å². The SMILES string of the molecule is CN1CCN(c2cc(Nc3ncc(C(C)(C)C)s3)n[c-]n2)CC1.[Y]. The fourth-order valence-corrected chi connectivity index (χ4v) is 3.25. The van der Waals surface area contributed by atoms with E-state index in [0.717, 1.165) is 42.9 Å². The van der Waals surface area contributed by atoms with Crippen LogP contribution in [0.25, 0.3) is 0 Å². The molecule has 1 radical (unpaired) electrons. The summed E-state index contributed by atoms with van der Waals surface area (Å²) in [7, 11) is 2.14. The molecule has 1 aliphatic rings. The second kappa shape index (κ2) is 8.17. The molecule has 0 aromatic carbocycles. The molecule has 1 N–H and O–H groups in total. The number of likely N-dealkylation sites (N-methyl/N-ethyl adjacent to an activating group) is 1. The molecule has 1 fully saturated rings. The zero-order chi connectivity index (χ0) is 16.4.